The number of nitrogens with one attached hydrogen (secondary N) is 2. The topological polar surface area (TPSA) is 61.4 Å². The molecule has 0 bridgehead atoms. The lowest BCUT2D eigenvalue weighted by atomic mass is 9.89. The van der Waals surface area contributed by atoms with E-state index in [1.807, 2.05) is 24.3 Å². The number of likely N-dealkylation sites (tertiary alicyclic amines) is 1. The van der Waals surface area contributed by atoms with Crippen LogP contribution in [0, 0.1) is 11.8 Å². The second-order valence-corrected chi connectivity index (χ2v) is 8.87. The molecule has 2 N–H and O–H groups in total. The maximum atomic E-state index is 12.4. The van der Waals surface area contributed by atoms with Crippen molar-refractivity contribution < 1.29 is 9.59 Å². The minimum atomic E-state index is -0.124. The summed E-state index contributed by atoms with van der Waals surface area (Å²) in [4.78, 5) is 27.1. The van der Waals surface area contributed by atoms with Gasteiger partial charge in [0, 0.05) is 36.7 Å². The molecule has 1 fully saturated rings. The third kappa shape index (κ3) is 5.10. The number of hydrogen-bond acceptors (Lipinski definition) is 3. The van der Waals surface area contributed by atoms with Crippen LogP contribution in [0.1, 0.15) is 52.0 Å². The lowest BCUT2D eigenvalue weighted by Crippen LogP contribution is -2.54. The third-order valence-electron chi connectivity index (χ3n) is 6.06. The molecule has 2 heterocycles. The van der Waals surface area contributed by atoms with Crippen LogP contribution < -0.4 is 10.6 Å². The zero-order valence-electron chi connectivity index (χ0n) is 16.9. The van der Waals surface area contributed by atoms with E-state index in [4.69, 9.17) is 0 Å². The minimum Gasteiger partial charge on any atom is -0.354 e. The van der Waals surface area contributed by atoms with Crippen molar-refractivity contribution in [3.8, 4) is 0 Å². The Labute approximate surface area is 162 Å². The summed E-state index contributed by atoms with van der Waals surface area (Å²) in [6.07, 6.45) is 4.23. The molecule has 2 amide bonds. The van der Waals surface area contributed by atoms with E-state index < -0.39 is 0 Å². The molecule has 5 nitrogen and oxygen atoms in total. The van der Waals surface area contributed by atoms with Gasteiger partial charge in [-0.2, -0.15) is 0 Å². The molecule has 2 atom stereocenters. The minimum absolute atomic E-state index is 0.0316. The first kappa shape index (κ1) is 19.9. The van der Waals surface area contributed by atoms with Gasteiger partial charge < -0.3 is 10.6 Å². The van der Waals surface area contributed by atoms with Crippen LogP contribution in [0.5, 0.6) is 0 Å². The fraction of sp³-hybridized carbons (Fsp3) is 0.636. The van der Waals surface area contributed by atoms with Crippen LogP contribution in [0.4, 0.5) is 5.69 Å². The standard InChI is InChI=1S/C22H33N3O2/c1-16-7-6-12-25(14-16)22(2,3)15-23-20(26)11-10-18-13-17-8-4-5-9-19(17)24-21(18)27/h4-5,8-9,16,18H,6-7,10-15H2,1-3H3,(H,23,26)(H,24,27). The summed E-state index contributed by atoms with van der Waals surface area (Å²) in [7, 11) is 0. The number of anilines is 1. The van der Waals surface area contributed by atoms with E-state index in [1.54, 1.807) is 0 Å². The molecule has 2 unspecified atom stereocenters. The van der Waals surface area contributed by atoms with E-state index >= 15 is 0 Å². The van der Waals surface area contributed by atoms with Crippen molar-refractivity contribution >= 4 is 17.5 Å². The molecule has 2 aliphatic heterocycles. The number of hydrogen-bond donors (Lipinski definition) is 2. The lowest BCUT2D eigenvalue weighted by Gasteiger charge is -2.43. The molecule has 5 heteroatoms. The number of carbonyl (C=O) groups excluding carboxylic acids is 2. The molecule has 0 saturated carbocycles. The zero-order valence-corrected chi connectivity index (χ0v) is 16.9. The predicted molar refractivity (Wildman–Crippen MR) is 109 cm³/mol. The van der Waals surface area contributed by atoms with Gasteiger partial charge in [0.1, 0.15) is 0 Å². The van der Waals surface area contributed by atoms with Gasteiger partial charge in [-0.15, -0.1) is 0 Å². The first-order valence-corrected chi connectivity index (χ1v) is 10.3. The first-order valence-electron chi connectivity index (χ1n) is 10.3. The van der Waals surface area contributed by atoms with Gasteiger partial charge in [-0.25, -0.2) is 0 Å². The van der Waals surface area contributed by atoms with Gasteiger partial charge in [0.05, 0.1) is 0 Å². The number of nitrogens with zero attached hydrogens (tertiary/aromatic N) is 1. The summed E-state index contributed by atoms with van der Waals surface area (Å²) in [6.45, 7) is 9.57. The smallest absolute Gasteiger partial charge is 0.227 e. The molecular weight excluding hydrogens is 338 g/mol. The summed E-state index contributed by atoms with van der Waals surface area (Å²) in [5.74, 6) is 0.673. The largest absolute Gasteiger partial charge is 0.354 e. The highest BCUT2D eigenvalue weighted by atomic mass is 16.2. The Morgan fingerprint density at radius 2 is 2.11 bits per heavy atom. The summed E-state index contributed by atoms with van der Waals surface area (Å²) < 4.78 is 0. The van der Waals surface area contributed by atoms with Gasteiger partial charge in [-0.05, 0) is 63.6 Å². The van der Waals surface area contributed by atoms with E-state index in [0.29, 0.717) is 25.8 Å². The molecular formula is C22H33N3O2. The number of para-hydroxylation sites is 1. The molecule has 2 aliphatic rings. The summed E-state index contributed by atoms with van der Waals surface area (Å²) >= 11 is 0. The van der Waals surface area contributed by atoms with Crippen molar-refractivity contribution in [2.24, 2.45) is 11.8 Å². The molecule has 3 rings (SSSR count). The van der Waals surface area contributed by atoms with Crippen molar-refractivity contribution in [3.05, 3.63) is 29.8 Å². The fourth-order valence-corrected chi connectivity index (χ4v) is 4.21. The maximum Gasteiger partial charge on any atom is 0.227 e. The van der Waals surface area contributed by atoms with Crippen LogP contribution in [0.3, 0.4) is 0 Å². The van der Waals surface area contributed by atoms with Crippen molar-refractivity contribution in [1.82, 2.24) is 10.2 Å². The Bertz CT molecular complexity index is 686. The number of fused-ring (bicyclic) bond motifs is 1. The molecule has 1 aromatic rings. The molecule has 0 spiro atoms. The second-order valence-electron chi connectivity index (χ2n) is 8.87. The first-order chi connectivity index (χ1) is 12.8. The van der Waals surface area contributed by atoms with Crippen molar-refractivity contribution in [2.75, 3.05) is 25.0 Å². The Kier molecular flexibility index (Phi) is 6.20. The molecule has 27 heavy (non-hydrogen) atoms. The van der Waals surface area contributed by atoms with E-state index in [-0.39, 0.29) is 23.3 Å². The number of amides is 2. The number of carbonyl (C=O) groups is 2. The average molecular weight is 372 g/mol. The molecule has 148 valence electrons. The maximum absolute atomic E-state index is 12.4. The number of benzene rings is 1. The van der Waals surface area contributed by atoms with Gasteiger partial charge in [0.15, 0.2) is 0 Å². The van der Waals surface area contributed by atoms with Gasteiger partial charge in [0.2, 0.25) is 11.8 Å². The molecule has 1 aromatic carbocycles. The van der Waals surface area contributed by atoms with E-state index in [2.05, 4.69) is 36.3 Å². The Morgan fingerprint density at radius 1 is 1.33 bits per heavy atom. The Hall–Kier alpha value is -1.88. The number of piperidine rings is 1. The van der Waals surface area contributed by atoms with Crippen LogP contribution in [-0.2, 0) is 16.0 Å². The zero-order chi connectivity index (χ0) is 19.4. The van der Waals surface area contributed by atoms with Crippen molar-refractivity contribution in [2.45, 2.75) is 58.4 Å². The van der Waals surface area contributed by atoms with Crippen LogP contribution in [-0.4, -0.2) is 41.9 Å². The lowest BCUT2D eigenvalue weighted by molar-refractivity contribution is -0.123. The van der Waals surface area contributed by atoms with Gasteiger partial charge in [0.25, 0.3) is 0 Å². The Balaban J connectivity index is 1.45. The van der Waals surface area contributed by atoms with Crippen molar-refractivity contribution in [3.63, 3.8) is 0 Å². The van der Waals surface area contributed by atoms with Crippen LogP contribution >= 0.6 is 0 Å². The van der Waals surface area contributed by atoms with Crippen LogP contribution in [0.25, 0.3) is 0 Å². The monoisotopic (exact) mass is 371 g/mol. The highest BCUT2D eigenvalue weighted by molar-refractivity contribution is 5.96. The summed E-state index contributed by atoms with van der Waals surface area (Å²) in [5.41, 5.74) is 2.02. The fourth-order valence-electron chi connectivity index (χ4n) is 4.21. The SMILES string of the molecule is CC1CCCN(C(C)(C)CNC(=O)CCC2Cc3ccccc3NC2=O)C1. The van der Waals surface area contributed by atoms with Crippen LogP contribution in [0.15, 0.2) is 24.3 Å². The second kappa shape index (κ2) is 8.42. The highest BCUT2D eigenvalue weighted by Crippen LogP contribution is 2.27. The number of rotatable bonds is 6. The highest BCUT2D eigenvalue weighted by Gasteiger charge is 2.31. The third-order valence-corrected chi connectivity index (χ3v) is 6.06. The average Bonchev–Trinajstić information content (AvgIpc) is 2.65. The predicted octanol–water partition coefficient (Wildman–Crippen LogP) is 3.20. The van der Waals surface area contributed by atoms with Crippen molar-refractivity contribution in [1.29, 1.82) is 0 Å². The quantitative estimate of drug-likeness (QED) is 0.807. The molecule has 1 saturated heterocycles. The van der Waals surface area contributed by atoms with E-state index in [9.17, 15) is 9.59 Å². The van der Waals surface area contributed by atoms with E-state index in [0.717, 1.165) is 30.3 Å². The van der Waals surface area contributed by atoms with Crippen LogP contribution in [0.2, 0.25) is 0 Å². The van der Waals surface area contributed by atoms with Gasteiger partial charge >= 0.3 is 0 Å². The molecule has 0 aromatic heterocycles. The van der Waals surface area contributed by atoms with E-state index in [1.165, 1.54) is 12.8 Å². The molecule has 0 aliphatic carbocycles. The normalized spacial score (nSPS) is 23.4. The van der Waals surface area contributed by atoms with Gasteiger partial charge in [-0.1, -0.05) is 25.1 Å². The summed E-state index contributed by atoms with van der Waals surface area (Å²) in [5, 5.41) is 6.06. The molecule has 0 radical (unpaired) electrons. The Morgan fingerprint density at radius 3 is 2.89 bits per heavy atom. The summed E-state index contributed by atoms with van der Waals surface area (Å²) in [6, 6.07) is 7.89. The van der Waals surface area contributed by atoms with Gasteiger partial charge in [-0.3, -0.25) is 14.5 Å².